The van der Waals surface area contributed by atoms with Gasteiger partial charge in [0.1, 0.15) is 0 Å². The molecule has 17 heteroatoms. The van der Waals surface area contributed by atoms with Gasteiger partial charge in [-0.25, -0.2) is 0 Å². The van der Waals surface area contributed by atoms with Crippen molar-refractivity contribution in [3.63, 3.8) is 0 Å². The summed E-state index contributed by atoms with van der Waals surface area (Å²) in [6, 6.07) is 6.32. The summed E-state index contributed by atoms with van der Waals surface area (Å²) in [7, 11) is 0. The molecule has 1 aliphatic carbocycles. The van der Waals surface area contributed by atoms with Crippen LogP contribution in [0.2, 0.25) is 0 Å². The number of piperidine rings is 1. The highest BCUT2D eigenvalue weighted by Crippen LogP contribution is 2.24. The van der Waals surface area contributed by atoms with Gasteiger partial charge < -0.3 is 53.6 Å². The van der Waals surface area contributed by atoms with Crippen molar-refractivity contribution in [2.75, 3.05) is 19.6 Å². The fraction of sp³-hybridized carbons (Fsp3) is 0.690. The zero-order valence-electron chi connectivity index (χ0n) is 34.7. The van der Waals surface area contributed by atoms with Crippen LogP contribution in [0.4, 0.5) is 0 Å². The molecule has 1 saturated heterocycles. The maximum absolute atomic E-state index is 13.8. The fourth-order valence-electron chi connectivity index (χ4n) is 8.08. The fourth-order valence-corrected chi connectivity index (χ4v) is 8.08. The molecular weight excluding hydrogens is 761 g/mol. The number of hydrogen-bond donors (Lipinski definition) is 10. The summed E-state index contributed by atoms with van der Waals surface area (Å²) < 4.78 is 0. The molecule has 12 N–H and O–H groups in total. The molecule has 0 bridgehead atoms. The van der Waals surface area contributed by atoms with Gasteiger partial charge in [-0.15, -0.1) is 0 Å². The maximum atomic E-state index is 13.8. The van der Waals surface area contributed by atoms with Gasteiger partial charge in [0.25, 0.3) is 0 Å². The number of carboxylic acids is 2. The highest BCUT2D eigenvalue weighted by Gasteiger charge is 2.35. The number of nitrogens with one attached hydrogen (secondary N) is 6. The standard InChI is InChI=1S/C42H68N8O9/c1-26(2)19-30(22-36(51)47-29(24-40(56)57)14-15-39(54)55)48-42(59)33-25-45-18-16-35(33)50-38(53)21-28(11-8-17-43)46-37(52)23-31(20-27-9-4-3-5-10-27)49-41(58)32-12-6-7-13-34(32)44/h3-5,9-10,26,28-35,45H,6-8,11-25,43-44H2,1-2H3,(H,46,52)(H,47,51)(H,48,59)(H,49,58)(H,50,53)(H,54,55)(H,56,57)/t28-,29-,30-,31-,32+,33+,34+,35+/m0/s1. The maximum Gasteiger partial charge on any atom is 0.305 e. The number of rotatable bonds is 25. The first kappa shape index (κ1) is 48.8. The molecule has 0 aromatic heterocycles. The van der Waals surface area contributed by atoms with Crippen LogP contribution in [-0.2, 0) is 40.0 Å². The van der Waals surface area contributed by atoms with Crippen molar-refractivity contribution in [2.24, 2.45) is 29.2 Å². The van der Waals surface area contributed by atoms with E-state index in [2.05, 4.69) is 31.9 Å². The third-order valence-corrected chi connectivity index (χ3v) is 11.0. The molecule has 1 heterocycles. The molecule has 1 aromatic carbocycles. The third-order valence-electron chi connectivity index (χ3n) is 11.0. The van der Waals surface area contributed by atoms with Gasteiger partial charge in [-0.1, -0.05) is 57.0 Å². The largest absolute Gasteiger partial charge is 0.481 e. The lowest BCUT2D eigenvalue weighted by Crippen LogP contribution is -2.57. The van der Waals surface area contributed by atoms with E-state index in [1.807, 2.05) is 44.2 Å². The molecule has 0 unspecified atom stereocenters. The molecular formula is C42H68N8O9. The minimum atomic E-state index is -1.17. The number of benzene rings is 1. The summed E-state index contributed by atoms with van der Waals surface area (Å²) in [5, 5.41) is 36.2. The number of amides is 5. The molecule has 2 fully saturated rings. The van der Waals surface area contributed by atoms with E-state index in [0.29, 0.717) is 51.6 Å². The van der Waals surface area contributed by atoms with Crippen LogP contribution in [0.25, 0.3) is 0 Å². The highest BCUT2D eigenvalue weighted by molar-refractivity contribution is 5.85. The molecule has 1 aromatic rings. The molecule has 17 nitrogen and oxygen atoms in total. The van der Waals surface area contributed by atoms with Gasteiger partial charge >= 0.3 is 11.9 Å². The van der Waals surface area contributed by atoms with Crippen molar-refractivity contribution in [2.45, 2.75) is 146 Å². The second-order valence-electron chi connectivity index (χ2n) is 16.7. The Labute approximate surface area is 347 Å². The van der Waals surface area contributed by atoms with E-state index in [1.54, 1.807) is 0 Å². The third kappa shape index (κ3) is 18.9. The predicted octanol–water partition coefficient (Wildman–Crippen LogP) is 1.07. The van der Waals surface area contributed by atoms with Crippen LogP contribution >= 0.6 is 0 Å². The van der Waals surface area contributed by atoms with E-state index in [-0.39, 0.29) is 80.2 Å². The summed E-state index contributed by atoms with van der Waals surface area (Å²) in [5.74, 6) is -4.85. The van der Waals surface area contributed by atoms with Gasteiger partial charge in [0.05, 0.1) is 18.3 Å². The summed E-state index contributed by atoms with van der Waals surface area (Å²) in [6.45, 7) is 5.07. The Morgan fingerprint density at radius 1 is 0.729 bits per heavy atom. The highest BCUT2D eigenvalue weighted by atomic mass is 16.4. The normalized spacial score (nSPS) is 21.2. The number of carbonyl (C=O) groups is 7. The van der Waals surface area contributed by atoms with E-state index in [9.17, 15) is 38.7 Å². The van der Waals surface area contributed by atoms with Crippen LogP contribution in [0.5, 0.6) is 0 Å². The van der Waals surface area contributed by atoms with Crippen molar-refractivity contribution >= 4 is 41.5 Å². The number of aliphatic carboxylic acids is 2. The van der Waals surface area contributed by atoms with Gasteiger partial charge in [-0.05, 0) is 75.9 Å². The van der Waals surface area contributed by atoms with E-state index < -0.39 is 60.4 Å². The monoisotopic (exact) mass is 829 g/mol. The Bertz CT molecular complexity index is 1530. The van der Waals surface area contributed by atoms with Crippen molar-refractivity contribution in [1.82, 2.24) is 31.9 Å². The summed E-state index contributed by atoms with van der Waals surface area (Å²) in [4.78, 5) is 89.7. The molecule has 0 spiro atoms. The Morgan fingerprint density at radius 3 is 1.97 bits per heavy atom. The van der Waals surface area contributed by atoms with Crippen LogP contribution in [0.15, 0.2) is 30.3 Å². The molecule has 3 rings (SSSR count). The first-order valence-corrected chi connectivity index (χ1v) is 21.3. The Balaban J connectivity index is 1.64. The number of hydrogen-bond acceptors (Lipinski definition) is 10. The average Bonchev–Trinajstić information content (AvgIpc) is 3.16. The summed E-state index contributed by atoms with van der Waals surface area (Å²) >= 11 is 0. The molecule has 8 atom stereocenters. The number of carbonyl (C=O) groups excluding carboxylic acids is 5. The van der Waals surface area contributed by atoms with Crippen molar-refractivity contribution < 1.29 is 43.8 Å². The van der Waals surface area contributed by atoms with Crippen LogP contribution in [0.1, 0.15) is 109 Å². The van der Waals surface area contributed by atoms with Crippen LogP contribution in [0.3, 0.4) is 0 Å². The SMILES string of the molecule is CC(C)C[C@@H](CC(=O)N[C@@H](CCC(=O)O)CC(=O)O)NC(=O)[C@@H]1CNCC[C@H]1NC(=O)C[C@H](CCCN)NC(=O)C[C@H](Cc1ccccc1)NC(=O)[C@@H]1CCCC[C@H]1N. The lowest BCUT2D eigenvalue weighted by Gasteiger charge is -2.34. The first-order valence-electron chi connectivity index (χ1n) is 21.3. The van der Waals surface area contributed by atoms with Gasteiger partial charge in [-0.2, -0.15) is 0 Å². The molecule has 0 radical (unpaired) electrons. The summed E-state index contributed by atoms with van der Waals surface area (Å²) in [6.07, 6.45) is 4.77. The Hall–Kier alpha value is -4.61. The molecule has 330 valence electrons. The van der Waals surface area contributed by atoms with Crippen molar-refractivity contribution in [1.29, 1.82) is 0 Å². The van der Waals surface area contributed by atoms with Gasteiger partial charge in [0.2, 0.25) is 29.5 Å². The lowest BCUT2D eigenvalue weighted by molar-refractivity contribution is -0.140. The zero-order valence-corrected chi connectivity index (χ0v) is 34.7. The quantitative estimate of drug-likeness (QED) is 0.0663. The van der Waals surface area contributed by atoms with Gasteiger partial charge in [0, 0.05) is 68.5 Å². The zero-order chi connectivity index (χ0) is 43.3. The average molecular weight is 829 g/mol. The Kier molecular flexibility index (Phi) is 21.3. The van der Waals surface area contributed by atoms with E-state index >= 15 is 0 Å². The smallest absolute Gasteiger partial charge is 0.305 e. The first-order chi connectivity index (χ1) is 28.1. The van der Waals surface area contributed by atoms with E-state index in [0.717, 1.165) is 24.8 Å². The van der Waals surface area contributed by atoms with Crippen molar-refractivity contribution in [3.05, 3.63) is 35.9 Å². The molecule has 2 aliphatic rings. The van der Waals surface area contributed by atoms with E-state index in [4.69, 9.17) is 16.6 Å². The van der Waals surface area contributed by atoms with Crippen molar-refractivity contribution in [3.8, 4) is 0 Å². The summed E-state index contributed by atoms with van der Waals surface area (Å²) in [5.41, 5.74) is 13.1. The lowest BCUT2D eigenvalue weighted by atomic mass is 9.84. The van der Waals surface area contributed by atoms with Crippen LogP contribution < -0.4 is 43.4 Å². The Morgan fingerprint density at radius 2 is 1.34 bits per heavy atom. The van der Waals surface area contributed by atoms with Crippen LogP contribution in [0, 0.1) is 17.8 Å². The van der Waals surface area contributed by atoms with E-state index in [1.165, 1.54) is 0 Å². The minimum absolute atomic E-state index is 0.00199. The molecule has 59 heavy (non-hydrogen) atoms. The molecule has 5 amide bonds. The molecule has 1 aliphatic heterocycles. The van der Waals surface area contributed by atoms with Gasteiger partial charge in [-0.3, -0.25) is 33.6 Å². The predicted molar refractivity (Wildman–Crippen MR) is 221 cm³/mol. The number of nitrogens with two attached hydrogens (primary N) is 2. The topological polar surface area (TPSA) is 284 Å². The van der Waals surface area contributed by atoms with Crippen LogP contribution in [-0.4, -0.2) is 108 Å². The number of carboxylic acid groups (broad SMARTS) is 2. The van der Waals surface area contributed by atoms with Gasteiger partial charge in [0.15, 0.2) is 0 Å². The minimum Gasteiger partial charge on any atom is -0.481 e. The molecule has 1 saturated carbocycles. The second-order valence-corrected chi connectivity index (χ2v) is 16.7. The second kappa shape index (κ2) is 25.8.